The van der Waals surface area contributed by atoms with E-state index in [1.54, 1.807) is 30.3 Å². The van der Waals surface area contributed by atoms with Crippen LogP contribution in [-0.4, -0.2) is 18.7 Å². The lowest BCUT2D eigenvalue weighted by molar-refractivity contribution is -0.130. The van der Waals surface area contributed by atoms with E-state index in [0.29, 0.717) is 16.3 Å². The van der Waals surface area contributed by atoms with Gasteiger partial charge in [-0.15, -0.1) is 0 Å². The summed E-state index contributed by atoms with van der Waals surface area (Å²) in [7, 11) is 0. The van der Waals surface area contributed by atoms with Crippen molar-refractivity contribution in [1.29, 1.82) is 0 Å². The average Bonchev–Trinajstić information content (AvgIpc) is 3.22. The molecule has 2 aromatic carbocycles. The van der Waals surface area contributed by atoms with Crippen molar-refractivity contribution in [3.63, 3.8) is 0 Å². The highest BCUT2D eigenvalue weighted by molar-refractivity contribution is 6.30. The van der Waals surface area contributed by atoms with E-state index in [1.807, 2.05) is 31.2 Å². The number of allylic oxidation sites excluding steroid dienone is 2. The van der Waals surface area contributed by atoms with Gasteiger partial charge in [0.25, 0.3) is 0 Å². The lowest BCUT2D eigenvalue weighted by Crippen LogP contribution is -2.05. The van der Waals surface area contributed by atoms with Crippen LogP contribution in [0.4, 0.5) is 0 Å². The number of halogens is 1. The van der Waals surface area contributed by atoms with Crippen LogP contribution in [0.25, 0.3) is 6.08 Å². The first-order chi connectivity index (χ1) is 12.6. The third kappa shape index (κ3) is 3.34. The minimum atomic E-state index is -0.478. The molecule has 26 heavy (non-hydrogen) atoms. The van der Waals surface area contributed by atoms with Gasteiger partial charge in [0, 0.05) is 10.6 Å². The van der Waals surface area contributed by atoms with Crippen molar-refractivity contribution >= 4 is 29.5 Å². The lowest BCUT2D eigenvalue weighted by Gasteiger charge is -1.99. The average molecular weight is 368 g/mol. The van der Waals surface area contributed by atoms with Crippen molar-refractivity contribution in [1.82, 2.24) is 0 Å². The van der Waals surface area contributed by atoms with Gasteiger partial charge in [-0.2, -0.15) is 0 Å². The topological polar surface area (TPSA) is 57.1 Å². The summed E-state index contributed by atoms with van der Waals surface area (Å²) in [5.74, 6) is 1.24. The van der Waals surface area contributed by atoms with Gasteiger partial charge in [-0.3, -0.25) is 0 Å². The minimum absolute atomic E-state index is 0.236. The summed E-state index contributed by atoms with van der Waals surface area (Å²) in [4.78, 5) is 16.4. The standard InChI is InChI=1S/C20H14ClNO4/c1-12(8-13-2-7-17-18(10-13)25-11-24-17)9-16-20(23)26-19(22-16)14-3-5-15(21)6-4-14/h2-10H,11H2,1H3/b12-8+,16-9-. The van der Waals surface area contributed by atoms with Crippen LogP contribution in [-0.2, 0) is 9.53 Å². The normalized spacial score (nSPS) is 17.5. The maximum absolute atomic E-state index is 12.1. The number of aliphatic imine (C=N–C) groups is 1. The quantitative estimate of drug-likeness (QED) is 0.597. The van der Waals surface area contributed by atoms with E-state index < -0.39 is 5.97 Å². The number of carbonyl (C=O) groups is 1. The zero-order valence-electron chi connectivity index (χ0n) is 13.9. The van der Waals surface area contributed by atoms with Crippen molar-refractivity contribution in [2.45, 2.75) is 6.92 Å². The Morgan fingerprint density at radius 3 is 2.69 bits per heavy atom. The van der Waals surface area contributed by atoms with Gasteiger partial charge in [0.15, 0.2) is 17.2 Å². The molecule has 0 spiro atoms. The fraction of sp³-hybridized carbons (Fsp3) is 0.100. The highest BCUT2D eigenvalue weighted by Gasteiger charge is 2.24. The molecule has 0 fully saturated rings. The number of cyclic esters (lactones) is 1. The van der Waals surface area contributed by atoms with Crippen LogP contribution in [0.1, 0.15) is 18.1 Å². The molecule has 0 unspecified atom stereocenters. The summed E-state index contributed by atoms with van der Waals surface area (Å²) in [6.07, 6.45) is 3.62. The SMILES string of the molecule is CC(/C=C1\N=C(c2ccc(Cl)cc2)OC1=O)=C\c1ccc2c(c1)OCO2. The minimum Gasteiger partial charge on any atom is -0.454 e. The van der Waals surface area contributed by atoms with Crippen LogP contribution in [0.15, 0.2) is 64.8 Å². The zero-order valence-corrected chi connectivity index (χ0v) is 14.6. The summed E-state index contributed by atoms with van der Waals surface area (Å²) in [5.41, 5.74) is 2.75. The number of esters is 1. The van der Waals surface area contributed by atoms with Crippen molar-refractivity contribution in [3.05, 3.63) is 76.0 Å². The Hall–Kier alpha value is -3.05. The molecule has 0 saturated carbocycles. The molecule has 2 aliphatic heterocycles. The van der Waals surface area contributed by atoms with E-state index in [2.05, 4.69) is 4.99 Å². The lowest BCUT2D eigenvalue weighted by atomic mass is 10.1. The highest BCUT2D eigenvalue weighted by Crippen LogP contribution is 2.33. The van der Waals surface area contributed by atoms with Gasteiger partial charge in [-0.25, -0.2) is 9.79 Å². The molecular weight excluding hydrogens is 354 g/mol. The first-order valence-electron chi connectivity index (χ1n) is 7.95. The molecule has 0 bridgehead atoms. The summed E-state index contributed by atoms with van der Waals surface area (Å²) < 4.78 is 15.9. The molecule has 2 aliphatic rings. The number of fused-ring (bicyclic) bond motifs is 1. The smallest absolute Gasteiger partial charge is 0.363 e. The number of hydrogen-bond acceptors (Lipinski definition) is 5. The Labute approximate surface area is 155 Å². The van der Waals surface area contributed by atoms with E-state index in [4.69, 9.17) is 25.8 Å². The number of benzene rings is 2. The summed E-state index contributed by atoms with van der Waals surface area (Å²) in [6.45, 7) is 2.13. The summed E-state index contributed by atoms with van der Waals surface area (Å²) in [5, 5.41) is 0.608. The van der Waals surface area contributed by atoms with Crippen LogP contribution in [0.5, 0.6) is 11.5 Å². The molecule has 0 radical (unpaired) electrons. The largest absolute Gasteiger partial charge is 0.454 e. The number of carbonyl (C=O) groups excluding carboxylic acids is 1. The van der Waals surface area contributed by atoms with Gasteiger partial charge in [-0.05, 0) is 60.5 Å². The van der Waals surface area contributed by atoms with Crippen LogP contribution in [0.2, 0.25) is 5.02 Å². The van der Waals surface area contributed by atoms with Crippen molar-refractivity contribution in [3.8, 4) is 11.5 Å². The molecule has 4 rings (SSSR count). The van der Waals surface area contributed by atoms with Gasteiger partial charge in [0.1, 0.15) is 0 Å². The summed E-state index contributed by atoms with van der Waals surface area (Å²) in [6, 6.07) is 12.6. The van der Waals surface area contributed by atoms with E-state index >= 15 is 0 Å². The number of ether oxygens (including phenoxy) is 3. The van der Waals surface area contributed by atoms with E-state index in [0.717, 1.165) is 16.9 Å². The molecule has 6 heteroatoms. The number of rotatable bonds is 3. The fourth-order valence-electron chi connectivity index (χ4n) is 2.65. The molecule has 130 valence electrons. The zero-order chi connectivity index (χ0) is 18.1. The fourth-order valence-corrected chi connectivity index (χ4v) is 2.77. The molecule has 2 aromatic rings. The predicted octanol–water partition coefficient (Wildman–Crippen LogP) is 4.36. The second kappa shape index (κ2) is 6.69. The summed E-state index contributed by atoms with van der Waals surface area (Å²) >= 11 is 5.87. The van der Waals surface area contributed by atoms with Crippen molar-refractivity contribution in [2.75, 3.05) is 6.79 Å². The Morgan fingerprint density at radius 2 is 1.88 bits per heavy atom. The maximum Gasteiger partial charge on any atom is 0.363 e. The van der Waals surface area contributed by atoms with Gasteiger partial charge in [0.05, 0.1) is 0 Å². The monoisotopic (exact) mass is 367 g/mol. The van der Waals surface area contributed by atoms with Crippen molar-refractivity contribution in [2.24, 2.45) is 4.99 Å². The van der Waals surface area contributed by atoms with Gasteiger partial charge in [-0.1, -0.05) is 23.7 Å². The Morgan fingerprint density at radius 1 is 1.12 bits per heavy atom. The molecule has 2 heterocycles. The number of hydrogen-bond donors (Lipinski definition) is 0. The molecule has 0 aliphatic carbocycles. The molecule has 0 amide bonds. The molecule has 0 aromatic heterocycles. The predicted molar refractivity (Wildman–Crippen MR) is 98.4 cm³/mol. The van der Waals surface area contributed by atoms with E-state index in [9.17, 15) is 4.79 Å². The van der Waals surface area contributed by atoms with Crippen molar-refractivity contribution < 1.29 is 19.0 Å². The molecular formula is C20H14ClNO4. The second-order valence-corrected chi connectivity index (χ2v) is 6.28. The van der Waals surface area contributed by atoms with Gasteiger partial charge >= 0.3 is 5.97 Å². The van der Waals surface area contributed by atoms with E-state index in [-0.39, 0.29) is 18.4 Å². The molecule has 0 saturated heterocycles. The van der Waals surface area contributed by atoms with Crippen LogP contribution < -0.4 is 9.47 Å². The molecule has 5 nitrogen and oxygen atoms in total. The maximum atomic E-state index is 12.1. The van der Waals surface area contributed by atoms with Crippen LogP contribution >= 0.6 is 11.6 Å². The van der Waals surface area contributed by atoms with Crippen LogP contribution in [0.3, 0.4) is 0 Å². The first kappa shape index (κ1) is 16.4. The third-order valence-corrected chi connectivity index (χ3v) is 4.12. The first-order valence-corrected chi connectivity index (χ1v) is 8.33. The van der Waals surface area contributed by atoms with Gasteiger partial charge < -0.3 is 14.2 Å². The van der Waals surface area contributed by atoms with Gasteiger partial charge in [0.2, 0.25) is 12.7 Å². The second-order valence-electron chi connectivity index (χ2n) is 5.84. The Bertz CT molecular complexity index is 974. The molecule has 0 atom stereocenters. The van der Waals surface area contributed by atoms with E-state index in [1.165, 1.54) is 0 Å². The highest BCUT2D eigenvalue weighted by atomic mass is 35.5. The Balaban J connectivity index is 1.58. The molecule has 0 N–H and O–H groups in total. The number of nitrogens with zero attached hydrogens (tertiary/aromatic N) is 1. The third-order valence-electron chi connectivity index (χ3n) is 3.87. The van der Waals surface area contributed by atoms with Crippen LogP contribution in [0, 0.1) is 0 Å². The Kier molecular flexibility index (Phi) is 4.22.